The number of nitrogens with zero attached hydrogens (tertiary/aromatic N) is 5. The highest BCUT2D eigenvalue weighted by molar-refractivity contribution is 6.29. The fourth-order valence-electron chi connectivity index (χ4n) is 2.72. The van der Waals surface area contributed by atoms with E-state index in [2.05, 4.69) is 25.3 Å². The average molecular weight is 351 g/mol. The Hall–Kier alpha value is -2.99. The van der Waals surface area contributed by atoms with Crippen LogP contribution in [0.25, 0.3) is 16.9 Å². The molecule has 0 spiro atoms. The maximum atomic E-state index is 5.99. The quantitative estimate of drug-likeness (QED) is 0.567. The molecule has 0 unspecified atom stereocenters. The smallest absolute Gasteiger partial charge is 0.143 e. The number of hydrogen-bond donors (Lipinski definition) is 1. The van der Waals surface area contributed by atoms with E-state index in [0.717, 1.165) is 22.4 Å². The minimum absolute atomic E-state index is 0.419. The van der Waals surface area contributed by atoms with Gasteiger partial charge in [0, 0.05) is 24.4 Å². The zero-order valence-electron chi connectivity index (χ0n) is 13.5. The summed E-state index contributed by atoms with van der Waals surface area (Å²) in [5.74, 6) is 2.14. The van der Waals surface area contributed by atoms with E-state index in [9.17, 15) is 0 Å². The van der Waals surface area contributed by atoms with Gasteiger partial charge in [-0.1, -0.05) is 29.8 Å². The van der Waals surface area contributed by atoms with Crippen LogP contribution in [0.5, 0.6) is 0 Å². The topological polar surface area (TPSA) is 68.5 Å². The standard InChI is InChI=1S/C18H15ClN6/c1-12-23-16(19)9-17(24-12)21-10-13-5-4-8-20-18(13)25-11-22-14-6-2-3-7-15(14)25/h2-9,11H,10H2,1H3,(H,21,23,24). The molecule has 124 valence electrons. The number of fused-ring (bicyclic) bond motifs is 1. The number of aromatic nitrogens is 5. The summed E-state index contributed by atoms with van der Waals surface area (Å²) >= 11 is 5.99. The van der Waals surface area contributed by atoms with Crippen LogP contribution in [-0.2, 0) is 6.54 Å². The number of benzene rings is 1. The predicted octanol–water partition coefficient (Wildman–Crippen LogP) is 3.78. The van der Waals surface area contributed by atoms with Crippen molar-refractivity contribution in [3.63, 3.8) is 0 Å². The Morgan fingerprint density at radius 3 is 2.84 bits per heavy atom. The number of aryl methyl sites for hydroxylation is 1. The third-order valence-electron chi connectivity index (χ3n) is 3.82. The fraction of sp³-hybridized carbons (Fsp3) is 0.111. The number of hydrogen-bond acceptors (Lipinski definition) is 5. The first kappa shape index (κ1) is 15.5. The van der Waals surface area contributed by atoms with Gasteiger partial charge in [-0.3, -0.25) is 4.57 Å². The summed E-state index contributed by atoms with van der Waals surface area (Å²) < 4.78 is 1.99. The Kier molecular flexibility index (Phi) is 4.03. The van der Waals surface area contributed by atoms with E-state index >= 15 is 0 Å². The van der Waals surface area contributed by atoms with Gasteiger partial charge < -0.3 is 5.32 Å². The molecule has 0 saturated carbocycles. The van der Waals surface area contributed by atoms with Crippen LogP contribution < -0.4 is 5.32 Å². The van der Waals surface area contributed by atoms with Gasteiger partial charge in [-0.2, -0.15) is 0 Å². The molecule has 6 nitrogen and oxygen atoms in total. The van der Waals surface area contributed by atoms with Gasteiger partial charge in [0.15, 0.2) is 0 Å². The highest BCUT2D eigenvalue weighted by Gasteiger charge is 2.10. The zero-order chi connectivity index (χ0) is 17.2. The van der Waals surface area contributed by atoms with Gasteiger partial charge in [0.2, 0.25) is 0 Å². The molecule has 25 heavy (non-hydrogen) atoms. The van der Waals surface area contributed by atoms with Crippen LogP contribution in [0.15, 0.2) is 55.0 Å². The highest BCUT2D eigenvalue weighted by Crippen LogP contribution is 2.20. The second-order valence-electron chi connectivity index (χ2n) is 5.57. The Bertz CT molecular complexity index is 1020. The molecule has 3 aromatic heterocycles. The van der Waals surface area contributed by atoms with E-state index in [4.69, 9.17) is 11.6 Å². The van der Waals surface area contributed by atoms with Gasteiger partial charge >= 0.3 is 0 Å². The van der Waals surface area contributed by atoms with Gasteiger partial charge in [0.05, 0.1) is 11.0 Å². The number of nitrogens with one attached hydrogen (secondary N) is 1. The lowest BCUT2D eigenvalue weighted by atomic mass is 10.2. The van der Waals surface area contributed by atoms with Crippen LogP contribution in [0.2, 0.25) is 5.15 Å². The van der Waals surface area contributed by atoms with Crippen molar-refractivity contribution in [2.24, 2.45) is 0 Å². The Morgan fingerprint density at radius 2 is 1.96 bits per heavy atom. The molecule has 0 amide bonds. The molecule has 0 aliphatic rings. The number of rotatable bonds is 4. The summed E-state index contributed by atoms with van der Waals surface area (Å²) in [4.78, 5) is 17.4. The van der Waals surface area contributed by atoms with E-state index in [0.29, 0.717) is 23.3 Å². The third-order valence-corrected chi connectivity index (χ3v) is 4.01. The second-order valence-corrected chi connectivity index (χ2v) is 5.95. The summed E-state index contributed by atoms with van der Waals surface area (Å²) in [5.41, 5.74) is 2.98. The molecular formula is C18H15ClN6. The van der Waals surface area contributed by atoms with Crippen LogP contribution in [0.4, 0.5) is 5.82 Å². The molecule has 1 aromatic carbocycles. The molecule has 4 aromatic rings. The first-order valence-electron chi connectivity index (χ1n) is 7.82. The van der Waals surface area contributed by atoms with Crippen LogP contribution in [0.1, 0.15) is 11.4 Å². The van der Waals surface area contributed by atoms with Crippen molar-refractivity contribution in [3.8, 4) is 5.82 Å². The molecule has 7 heteroatoms. The van der Waals surface area contributed by atoms with Gasteiger partial charge in [-0.25, -0.2) is 19.9 Å². The first-order chi connectivity index (χ1) is 12.2. The monoisotopic (exact) mass is 350 g/mol. The van der Waals surface area contributed by atoms with Crippen molar-refractivity contribution < 1.29 is 0 Å². The lowest BCUT2D eigenvalue weighted by molar-refractivity contribution is 0.961. The largest absolute Gasteiger partial charge is 0.366 e. The maximum Gasteiger partial charge on any atom is 0.143 e. The van der Waals surface area contributed by atoms with Crippen molar-refractivity contribution in [2.75, 3.05) is 5.32 Å². The highest BCUT2D eigenvalue weighted by atomic mass is 35.5. The minimum atomic E-state index is 0.419. The lowest BCUT2D eigenvalue weighted by Crippen LogP contribution is -2.08. The van der Waals surface area contributed by atoms with Crippen LogP contribution in [-0.4, -0.2) is 24.5 Å². The Labute approximate surface area is 149 Å². The molecule has 0 bridgehead atoms. The van der Waals surface area contributed by atoms with Gasteiger partial charge in [-0.15, -0.1) is 0 Å². The number of pyridine rings is 1. The lowest BCUT2D eigenvalue weighted by Gasteiger charge is -2.11. The predicted molar refractivity (Wildman–Crippen MR) is 98.0 cm³/mol. The Morgan fingerprint density at radius 1 is 1.08 bits per heavy atom. The summed E-state index contributed by atoms with van der Waals surface area (Å²) in [5, 5.41) is 3.70. The molecule has 3 heterocycles. The van der Waals surface area contributed by atoms with E-state index in [1.807, 2.05) is 47.9 Å². The second kappa shape index (κ2) is 6.49. The summed E-state index contributed by atoms with van der Waals surface area (Å²) in [6.45, 7) is 2.37. The Balaban J connectivity index is 1.67. The average Bonchev–Trinajstić information content (AvgIpc) is 3.03. The normalized spacial score (nSPS) is 11.0. The SMILES string of the molecule is Cc1nc(Cl)cc(NCc2cccnc2-n2cnc3ccccc32)n1. The molecular weight excluding hydrogens is 336 g/mol. The molecule has 1 N–H and O–H groups in total. The van der Waals surface area contributed by atoms with Crippen molar-refractivity contribution >= 4 is 28.5 Å². The van der Waals surface area contributed by atoms with Gasteiger partial charge in [0.25, 0.3) is 0 Å². The van der Waals surface area contributed by atoms with Crippen molar-refractivity contribution in [1.82, 2.24) is 24.5 Å². The number of para-hydroxylation sites is 2. The van der Waals surface area contributed by atoms with E-state index in [1.165, 1.54) is 0 Å². The summed E-state index contributed by atoms with van der Waals surface area (Å²) in [7, 11) is 0. The summed E-state index contributed by atoms with van der Waals surface area (Å²) in [6.07, 6.45) is 3.57. The van der Waals surface area contributed by atoms with E-state index in [1.54, 1.807) is 18.6 Å². The number of imidazole rings is 1. The van der Waals surface area contributed by atoms with Crippen LogP contribution in [0, 0.1) is 6.92 Å². The van der Waals surface area contributed by atoms with Crippen molar-refractivity contribution in [3.05, 3.63) is 71.5 Å². The molecule has 0 radical (unpaired) electrons. The van der Waals surface area contributed by atoms with Gasteiger partial charge in [-0.05, 0) is 25.1 Å². The zero-order valence-corrected chi connectivity index (χ0v) is 14.3. The van der Waals surface area contributed by atoms with E-state index < -0.39 is 0 Å². The molecule has 4 rings (SSSR count). The molecule has 0 fully saturated rings. The molecule has 0 atom stereocenters. The summed E-state index contributed by atoms with van der Waals surface area (Å²) in [6, 6.07) is 13.6. The first-order valence-corrected chi connectivity index (χ1v) is 8.20. The van der Waals surface area contributed by atoms with Gasteiger partial charge in [0.1, 0.15) is 28.9 Å². The number of anilines is 1. The van der Waals surface area contributed by atoms with E-state index in [-0.39, 0.29) is 0 Å². The van der Waals surface area contributed by atoms with Crippen LogP contribution >= 0.6 is 11.6 Å². The van der Waals surface area contributed by atoms with Crippen molar-refractivity contribution in [2.45, 2.75) is 13.5 Å². The van der Waals surface area contributed by atoms with Crippen molar-refractivity contribution in [1.29, 1.82) is 0 Å². The molecule has 0 saturated heterocycles. The minimum Gasteiger partial charge on any atom is -0.366 e. The molecule has 0 aliphatic carbocycles. The fourth-order valence-corrected chi connectivity index (χ4v) is 2.95. The number of halogens is 1. The van der Waals surface area contributed by atoms with Crippen LogP contribution in [0.3, 0.4) is 0 Å². The molecule has 0 aliphatic heterocycles. The third kappa shape index (κ3) is 3.16. The maximum absolute atomic E-state index is 5.99.